The Morgan fingerprint density at radius 2 is 1.55 bits per heavy atom. The Morgan fingerprint density at radius 1 is 0.873 bits per heavy atom. The van der Waals surface area contributed by atoms with Gasteiger partial charge in [0.25, 0.3) is 15.9 Å². The number of nitrogens with zero attached hydrogens (tertiary/aromatic N) is 4. The number of amides is 2. The fourth-order valence-corrected chi connectivity index (χ4v) is 8.00. The van der Waals surface area contributed by atoms with Gasteiger partial charge in [-0.2, -0.15) is 0 Å². The summed E-state index contributed by atoms with van der Waals surface area (Å²) in [4.78, 5) is 39.8. The number of rotatable bonds is 19. The molecule has 5 rings (SSSR count). The van der Waals surface area contributed by atoms with E-state index in [-0.39, 0.29) is 38.6 Å². The number of fused-ring (bicyclic) bond motifs is 1. The Hall–Kier alpha value is -4.65. The van der Waals surface area contributed by atoms with Crippen LogP contribution in [0.2, 0.25) is 10.0 Å². The molecule has 55 heavy (non-hydrogen) atoms. The first-order valence-electron chi connectivity index (χ1n) is 18.7. The van der Waals surface area contributed by atoms with Gasteiger partial charge in [-0.15, -0.1) is 0 Å². The third-order valence-electron chi connectivity index (χ3n) is 9.17. The normalized spacial score (nSPS) is 12.9. The number of aliphatic imine (C=N–C) groups is 2. The minimum Gasteiger partial charge on any atom is -0.448 e. The topological polar surface area (TPSA) is 137 Å². The van der Waals surface area contributed by atoms with E-state index >= 15 is 0 Å². The molecule has 0 saturated heterocycles. The Morgan fingerprint density at radius 3 is 2.20 bits per heavy atom. The van der Waals surface area contributed by atoms with E-state index in [0.717, 1.165) is 36.6 Å². The minimum atomic E-state index is -4.36. The molecule has 0 spiro atoms. The number of sulfonamides is 1. The highest BCUT2D eigenvalue weighted by Crippen LogP contribution is 2.34. The molecule has 1 aliphatic rings. The van der Waals surface area contributed by atoms with Gasteiger partial charge in [0.05, 0.1) is 39.9 Å². The molecule has 1 aromatic heterocycles. The van der Waals surface area contributed by atoms with Crippen LogP contribution in [0.4, 0.5) is 28.6 Å². The standard InChI is InChI=1S/C41H48Cl2N6O5S/c1-4-5-6-7-8-9-10-11-12-13-19-37(50)47-55(52,53)36-27-32(42)35(26-33(36)43)46-41(51)39(44-30-21-23-31(24-22-30)48(2)3)40-45-34-18-15-14-17-29(34)28-49(40)38-20-16-25-54-38/h14-18,20-27H,4-13,19,28H2,1-3H3,(H,46,51)(H,47,50). The fraction of sp³-hybridized carbons (Fsp3) is 0.366. The molecular weight excluding hydrogens is 759 g/mol. The van der Waals surface area contributed by atoms with Crippen molar-refractivity contribution in [3.8, 4) is 0 Å². The Balaban J connectivity index is 1.33. The molecule has 292 valence electrons. The second-order valence-electron chi connectivity index (χ2n) is 13.7. The van der Waals surface area contributed by atoms with Crippen molar-refractivity contribution in [3.63, 3.8) is 0 Å². The van der Waals surface area contributed by atoms with Crippen LogP contribution in [0.5, 0.6) is 0 Å². The summed E-state index contributed by atoms with van der Waals surface area (Å²) in [6.07, 6.45) is 12.5. The number of carbonyl (C=O) groups is 2. The summed E-state index contributed by atoms with van der Waals surface area (Å²) in [5.74, 6) is -0.652. The molecular formula is C41H48Cl2N6O5S. The number of hydrogen-bond acceptors (Lipinski definition) is 9. The van der Waals surface area contributed by atoms with Crippen LogP contribution in [0, 0.1) is 0 Å². The highest BCUT2D eigenvalue weighted by Gasteiger charge is 2.31. The number of halogens is 2. The third-order valence-corrected chi connectivity index (χ3v) is 11.3. The second-order valence-corrected chi connectivity index (χ2v) is 16.1. The van der Waals surface area contributed by atoms with Crippen LogP contribution < -0.4 is 19.8 Å². The number of amidine groups is 1. The summed E-state index contributed by atoms with van der Waals surface area (Å²) in [6, 6.07) is 20.7. The zero-order valence-corrected chi connectivity index (χ0v) is 33.8. The van der Waals surface area contributed by atoms with Gasteiger partial charge in [-0.3, -0.25) is 14.5 Å². The van der Waals surface area contributed by atoms with Crippen LogP contribution in [0.15, 0.2) is 98.4 Å². The summed E-state index contributed by atoms with van der Waals surface area (Å²) < 4.78 is 34.4. The van der Waals surface area contributed by atoms with Crippen LogP contribution in [0.3, 0.4) is 0 Å². The predicted molar refractivity (Wildman–Crippen MR) is 223 cm³/mol. The molecule has 1 aliphatic heterocycles. The number of anilines is 3. The average Bonchev–Trinajstić information content (AvgIpc) is 3.70. The van der Waals surface area contributed by atoms with Gasteiger partial charge < -0.3 is 14.6 Å². The van der Waals surface area contributed by atoms with Crippen LogP contribution in [0.1, 0.15) is 83.1 Å². The van der Waals surface area contributed by atoms with Crippen molar-refractivity contribution in [2.75, 3.05) is 29.2 Å². The number of unbranched alkanes of at least 4 members (excludes halogenated alkanes) is 9. The highest BCUT2D eigenvalue weighted by molar-refractivity contribution is 7.90. The highest BCUT2D eigenvalue weighted by atomic mass is 35.5. The average molecular weight is 808 g/mol. The van der Waals surface area contributed by atoms with E-state index in [1.54, 1.807) is 29.2 Å². The quantitative estimate of drug-likeness (QED) is 0.0711. The fourth-order valence-electron chi connectivity index (χ4n) is 6.16. The van der Waals surface area contributed by atoms with E-state index in [0.29, 0.717) is 30.2 Å². The van der Waals surface area contributed by atoms with Gasteiger partial charge in [-0.1, -0.05) is 106 Å². The number of hydrogen-bond donors (Lipinski definition) is 2. The Labute approximate surface area is 333 Å². The zero-order valence-electron chi connectivity index (χ0n) is 31.5. The van der Waals surface area contributed by atoms with Crippen LogP contribution >= 0.6 is 23.2 Å². The molecule has 0 saturated carbocycles. The molecule has 0 radical (unpaired) electrons. The maximum Gasteiger partial charge on any atom is 0.278 e. The zero-order chi connectivity index (χ0) is 39.4. The Kier molecular flexibility index (Phi) is 14.9. The second kappa shape index (κ2) is 19.8. The van der Waals surface area contributed by atoms with Gasteiger partial charge in [0, 0.05) is 32.3 Å². The number of nitrogens with one attached hydrogen (secondary N) is 2. The molecule has 0 aliphatic carbocycles. The lowest BCUT2D eigenvalue weighted by atomic mass is 10.1. The predicted octanol–water partition coefficient (Wildman–Crippen LogP) is 10.2. The van der Waals surface area contributed by atoms with E-state index in [1.807, 2.05) is 55.4 Å². The number of benzene rings is 3. The molecule has 2 N–H and O–H groups in total. The lowest BCUT2D eigenvalue weighted by Crippen LogP contribution is -2.43. The molecule has 0 unspecified atom stereocenters. The lowest BCUT2D eigenvalue weighted by Gasteiger charge is -2.28. The van der Waals surface area contributed by atoms with Gasteiger partial charge in [0.1, 0.15) is 4.90 Å². The number of furan rings is 1. The molecule has 0 fully saturated rings. The van der Waals surface area contributed by atoms with Crippen molar-refractivity contribution in [1.29, 1.82) is 0 Å². The van der Waals surface area contributed by atoms with E-state index < -0.39 is 21.8 Å². The molecule has 4 aromatic rings. The maximum absolute atomic E-state index is 14.3. The smallest absolute Gasteiger partial charge is 0.278 e. The molecule has 0 atom stereocenters. The number of carbonyl (C=O) groups excluding carboxylic acids is 2. The van der Waals surface area contributed by atoms with Crippen molar-refractivity contribution in [2.24, 2.45) is 9.98 Å². The van der Waals surface area contributed by atoms with Crippen molar-refractivity contribution < 1.29 is 22.4 Å². The van der Waals surface area contributed by atoms with Gasteiger partial charge in [-0.25, -0.2) is 23.1 Å². The summed E-state index contributed by atoms with van der Waals surface area (Å²) in [5, 5.41) is 2.40. The first kappa shape index (κ1) is 41.5. The summed E-state index contributed by atoms with van der Waals surface area (Å²) in [7, 11) is -0.513. The SMILES string of the molecule is CCCCCCCCCCCCC(=O)NS(=O)(=O)c1cc(Cl)c(NC(=O)C(=Nc2ccc(N(C)C)cc2)C2=Nc3ccccc3CN2c2ccco2)cc1Cl. The van der Waals surface area contributed by atoms with Crippen LogP contribution in [0.25, 0.3) is 0 Å². The number of para-hydroxylation sites is 1. The van der Waals surface area contributed by atoms with E-state index in [2.05, 4.69) is 17.0 Å². The van der Waals surface area contributed by atoms with Crippen LogP contribution in [-0.4, -0.2) is 45.9 Å². The van der Waals surface area contributed by atoms with Crippen molar-refractivity contribution in [3.05, 3.63) is 94.7 Å². The molecule has 3 aromatic carbocycles. The summed E-state index contributed by atoms with van der Waals surface area (Å²) >= 11 is 13.1. The van der Waals surface area contributed by atoms with Gasteiger partial charge in [-0.05, 0) is 60.5 Å². The largest absolute Gasteiger partial charge is 0.448 e. The van der Waals surface area contributed by atoms with Gasteiger partial charge >= 0.3 is 0 Å². The van der Waals surface area contributed by atoms with E-state index in [9.17, 15) is 18.0 Å². The van der Waals surface area contributed by atoms with Crippen LogP contribution in [-0.2, 0) is 26.2 Å². The summed E-state index contributed by atoms with van der Waals surface area (Å²) in [6.45, 7) is 2.55. The van der Waals surface area contributed by atoms with Gasteiger partial charge in [0.15, 0.2) is 11.5 Å². The van der Waals surface area contributed by atoms with Gasteiger partial charge in [0.2, 0.25) is 11.8 Å². The van der Waals surface area contributed by atoms with Crippen molar-refractivity contribution in [2.45, 2.75) is 89.0 Å². The molecule has 2 amide bonds. The van der Waals surface area contributed by atoms with E-state index in [1.165, 1.54) is 50.9 Å². The summed E-state index contributed by atoms with van der Waals surface area (Å²) in [5.41, 5.74) is 2.97. The monoisotopic (exact) mass is 806 g/mol. The maximum atomic E-state index is 14.3. The molecule has 11 nitrogen and oxygen atoms in total. The first-order chi connectivity index (χ1) is 26.5. The molecule has 14 heteroatoms. The first-order valence-corrected chi connectivity index (χ1v) is 20.9. The third kappa shape index (κ3) is 11.4. The lowest BCUT2D eigenvalue weighted by molar-refractivity contribution is -0.119. The van der Waals surface area contributed by atoms with Crippen molar-refractivity contribution >= 4 is 85.2 Å². The molecule has 0 bridgehead atoms. The van der Waals surface area contributed by atoms with Crippen molar-refractivity contribution in [1.82, 2.24) is 4.72 Å². The molecule has 2 heterocycles. The minimum absolute atomic E-state index is 0.0318. The van der Waals surface area contributed by atoms with E-state index in [4.69, 9.17) is 37.6 Å². The Bertz CT molecular complexity index is 2100.